The summed E-state index contributed by atoms with van der Waals surface area (Å²) in [6, 6.07) is 1.83. The Bertz CT molecular complexity index is 307. The first kappa shape index (κ1) is 11.9. The third kappa shape index (κ3) is 4.25. The van der Waals surface area contributed by atoms with E-state index in [1.54, 1.807) is 6.20 Å². The molecule has 1 rings (SSSR count). The van der Waals surface area contributed by atoms with Crippen LogP contribution in [0.2, 0.25) is 0 Å². The number of aromatic nitrogens is 2. The van der Waals surface area contributed by atoms with E-state index < -0.39 is 0 Å². The molecule has 0 aromatic carbocycles. The summed E-state index contributed by atoms with van der Waals surface area (Å²) in [6.45, 7) is 7.61. The van der Waals surface area contributed by atoms with Crippen LogP contribution in [0.15, 0.2) is 12.3 Å². The molecule has 0 radical (unpaired) electrons. The Kier molecular flexibility index (Phi) is 4.03. The molecule has 0 aliphatic carbocycles. The molecule has 1 aromatic heterocycles. The van der Waals surface area contributed by atoms with Gasteiger partial charge in [0, 0.05) is 12.1 Å². The van der Waals surface area contributed by atoms with Crippen LogP contribution < -0.4 is 10.5 Å². The number of rotatable bonds is 4. The summed E-state index contributed by atoms with van der Waals surface area (Å²) in [7, 11) is 0. The maximum atomic E-state index is 5.56. The van der Waals surface area contributed by atoms with Crippen LogP contribution in [0.3, 0.4) is 0 Å². The van der Waals surface area contributed by atoms with E-state index in [2.05, 4.69) is 31.0 Å². The zero-order valence-corrected chi connectivity index (χ0v) is 9.66. The average Bonchev–Trinajstić information content (AvgIpc) is 2.16. The summed E-state index contributed by atoms with van der Waals surface area (Å²) in [5.41, 5.74) is 6.73. The lowest BCUT2D eigenvalue weighted by Gasteiger charge is -2.18. The first-order chi connectivity index (χ1) is 7.03. The van der Waals surface area contributed by atoms with Crippen molar-refractivity contribution in [2.45, 2.75) is 33.7 Å². The van der Waals surface area contributed by atoms with Gasteiger partial charge in [-0.2, -0.15) is 5.10 Å². The van der Waals surface area contributed by atoms with Crippen molar-refractivity contribution >= 4 is 0 Å². The monoisotopic (exact) mass is 209 g/mol. The van der Waals surface area contributed by atoms with E-state index in [-0.39, 0.29) is 5.41 Å². The molecule has 0 unspecified atom stereocenters. The Hall–Kier alpha value is -1.16. The summed E-state index contributed by atoms with van der Waals surface area (Å²) in [4.78, 5) is 0. The molecule has 0 aliphatic heterocycles. The minimum atomic E-state index is 0.269. The van der Waals surface area contributed by atoms with Gasteiger partial charge in [0.15, 0.2) is 0 Å². The van der Waals surface area contributed by atoms with Crippen molar-refractivity contribution in [2.75, 3.05) is 6.61 Å². The van der Waals surface area contributed by atoms with Crippen LogP contribution >= 0.6 is 0 Å². The van der Waals surface area contributed by atoms with Gasteiger partial charge in [-0.05, 0) is 17.9 Å². The quantitative estimate of drug-likeness (QED) is 0.820. The molecule has 0 amide bonds. The van der Waals surface area contributed by atoms with Crippen molar-refractivity contribution in [3.05, 3.63) is 17.8 Å². The van der Waals surface area contributed by atoms with Crippen molar-refractivity contribution in [3.63, 3.8) is 0 Å². The molecule has 0 spiro atoms. The standard InChI is InChI=1S/C11H19N3O/c1-11(2,3)5-7-15-10-9(8-12)4-6-13-14-10/h4,6H,5,7-8,12H2,1-3H3. The highest BCUT2D eigenvalue weighted by Crippen LogP contribution is 2.19. The molecule has 0 atom stereocenters. The first-order valence-electron chi connectivity index (χ1n) is 5.16. The molecule has 1 heterocycles. The van der Waals surface area contributed by atoms with Crippen molar-refractivity contribution in [3.8, 4) is 5.88 Å². The maximum absolute atomic E-state index is 5.56. The topological polar surface area (TPSA) is 61.0 Å². The molecule has 4 heteroatoms. The molecule has 1 aromatic rings. The van der Waals surface area contributed by atoms with Crippen LogP contribution in [0, 0.1) is 5.41 Å². The normalized spacial score (nSPS) is 11.5. The lowest BCUT2D eigenvalue weighted by Crippen LogP contribution is -2.13. The van der Waals surface area contributed by atoms with Gasteiger partial charge in [0.05, 0.1) is 12.8 Å². The number of ether oxygens (including phenoxy) is 1. The molecule has 0 saturated carbocycles. The number of nitrogens with two attached hydrogens (primary N) is 1. The minimum Gasteiger partial charge on any atom is -0.476 e. The molecule has 0 aliphatic rings. The zero-order valence-electron chi connectivity index (χ0n) is 9.66. The fourth-order valence-electron chi connectivity index (χ4n) is 1.08. The molecule has 4 nitrogen and oxygen atoms in total. The summed E-state index contributed by atoms with van der Waals surface area (Å²) < 4.78 is 5.55. The first-order valence-corrected chi connectivity index (χ1v) is 5.16. The predicted molar refractivity (Wildman–Crippen MR) is 59.5 cm³/mol. The third-order valence-corrected chi connectivity index (χ3v) is 2.08. The second-order valence-corrected chi connectivity index (χ2v) is 4.72. The Morgan fingerprint density at radius 2 is 2.13 bits per heavy atom. The van der Waals surface area contributed by atoms with Gasteiger partial charge in [-0.15, -0.1) is 5.10 Å². The number of nitrogens with zero attached hydrogens (tertiary/aromatic N) is 2. The van der Waals surface area contributed by atoms with E-state index in [4.69, 9.17) is 10.5 Å². The summed E-state index contributed by atoms with van der Waals surface area (Å²) in [6.07, 6.45) is 2.60. The van der Waals surface area contributed by atoms with E-state index in [0.29, 0.717) is 19.0 Å². The SMILES string of the molecule is CC(C)(C)CCOc1nnccc1CN. The van der Waals surface area contributed by atoms with Gasteiger partial charge in [-0.3, -0.25) is 0 Å². The van der Waals surface area contributed by atoms with E-state index in [1.807, 2.05) is 6.07 Å². The van der Waals surface area contributed by atoms with Gasteiger partial charge in [0.1, 0.15) is 0 Å². The summed E-state index contributed by atoms with van der Waals surface area (Å²) in [5, 5.41) is 7.69. The van der Waals surface area contributed by atoms with Crippen molar-refractivity contribution in [2.24, 2.45) is 11.1 Å². The van der Waals surface area contributed by atoms with Crippen molar-refractivity contribution in [1.29, 1.82) is 0 Å². The van der Waals surface area contributed by atoms with Gasteiger partial charge < -0.3 is 10.5 Å². The van der Waals surface area contributed by atoms with Gasteiger partial charge in [-0.25, -0.2) is 0 Å². The molecular formula is C11H19N3O. The lowest BCUT2D eigenvalue weighted by atomic mass is 9.93. The second-order valence-electron chi connectivity index (χ2n) is 4.72. The second kappa shape index (κ2) is 5.07. The predicted octanol–water partition coefficient (Wildman–Crippen LogP) is 1.75. The van der Waals surface area contributed by atoms with E-state index >= 15 is 0 Å². The van der Waals surface area contributed by atoms with E-state index in [1.165, 1.54) is 0 Å². The smallest absolute Gasteiger partial charge is 0.237 e. The molecule has 2 N–H and O–H groups in total. The van der Waals surface area contributed by atoms with Crippen LogP contribution in [0.4, 0.5) is 0 Å². The molecule has 84 valence electrons. The number of hydrogen-bond acceptors (Lipinski definition) is 4. The zero-order chi connectivity index (χ0) is 11.3. The minimum absolute atomic E-state index is 0.269. The van der Waals surface area contributed by atoms with E-state index in [9.17, 15) is 0 Å². The lowest BCUT2D eigenvalue weighted by molar-refractivity contribution is 0.232. The van der Waals surface area contributed by atoms with Gasteiger partial charge in [0.25, 0.3) is 0 Å². The average molecular weight is 209 g/mol. The van der Waals surface area contributed by atoms with Crippen molar-refractivity contribution in [1.82, 2.24) is 10.2 Å². The van der Waals surface area contributed by atoms with Crippen LogP contribution in [0.25, 0.3) is 0 Å². The van der Waals surface area contributed by atoms with Gasteiger partial charge >= 0.3 is 0 Å². The Morgan fingerprint density at radius 1 is 1.40 bits per heavy atom. The largest absolute Gasteiger partial charge is 0.476 e. The highest BCUT2D eigenvalue weighted by Gasteiger charge is 2.11. The Morgan fingerprint density at radius 3 is 2.73 bits per heavy atom. The fourth-order valence-corrected chi connectivity index (χ4v) is 1.08. The number of hydrogen-bond donors (Lipinski definition) is 1. The van der Waals surface area contributed by atoms with E-state index in [0.717, 1.165) is 12.0 Å². The van der Waals surface area contributed by atoms with Gasteiger partial charge in [0.2, 0.25) is 5.88 Å². The Balaban J connectivity index is 2.50. The fraction of sp³-hybridized carbons (Fsp3) is 0.636. The third-order valence-electron chi connectivity index (χ3n) is 2.08. The van der Waals surface area contributed by atoms with Crippen LogP contribution in [-0.4, -0.2) is 16.8 Å². The van der Waals surface area contributed by atoms with Crippen molar-refractivity contribution < 1.29 is 4.74 Å². The molecular weight excluding hydrogens is 190 g/mol. The highest BCUT2D eigenvalue weighted by molar-refractivity contribution is 5.22. The maximum Gasteiger partial charge on any atom is 0.237 e. The summed E-state index contributed by atoms with van der Waals surface area (Å²) >= 11 is 0. The van der Waals surface area contributed by atoms with Crippen LogP contribution in [-0.2, 0) is 6.54 Å². The molecule has 15 heavy (non-hydrogen) atoms. The Labute approximate surface area is 90.8 Å². The van der Waals surface area contributed by atoms with Crippen LogP contribution in [0.1, 0.15) is 32.8 Å². The molecule has 0 saturated heterocycles. The van der Waals surface area contributed by atoms with Crippen LogP contribution in [0.5, 0.6) is 5.88 Å². The summed E-state index contributed by atoms with van der Waals surface area (Å²) in [5.74, 6) is 0.559. The molecule has 0 bridgehead atoms. The van der Waals surface area contributed by atoms with Gasteiger partial charge in [-0.1, -0.05) is 20.8 Å². The highest BCUT2D eigenvalue weighted by atomic mass is 16.5. The molecule has 0 fully saturated rings.